The monoisotopic (exact) mass is 272 g/mol. The first-order valence-electron chi connectivity index (χ1n) is 4.83. The predicted octanol–water partition coefficient (Wildman–Crippen LogP) is 1.57. The zero-order valence-corrected chi connectivity index (χ0v) is 11.2. The number of rotatable bonds is 8. The zero-order chi connectivity index (χ0) is 13.3. The summed E-state index contributed by atoms with van der Waals surface area (Å²) in [6.07, 6.45) is 2.15. The maximum Gasteiger partial charge on any atom is 0.257 e. The maximum atomic E-state index is 11.5. The lowest BCUT2D eigenvalue weighted by Gasteiger charge is -2.19. The molecular weight excluding hydrogens is 256 g/mol. The minimum atomic E-state index is -0.496. The zero-order valence-electron chi connectivity index (χ0n) is 9.55. The molecule has 0 rings (SSSR count). The van der Waals surface area contributed by atoms with Crippen molar-refractivity contribution in [1.29, 1.82) is 0 Å². The lowest BCUT2D eigenvalue weighted by atomic mass is 10.3. The van der Waals surface area contributed by atoms with Gasteiger partial charge in [-0.25, -0.2) is 4.90 Å². The van der Waals surface area contributed by atoms with Crippen LogP contribution in [0.15, 0.2) is 37.6 Å². The van der Waals surface area contributed by atoms with E-state index in [0.717, 1.165) is 22.8 Å². The van der Waals surface area contributed by atoms with E-state index < -0.39 is 11.8 Å². The summed E-state index contributed by atoms with van der Waals surface area (Å²) < 4.78 is 0. The van der Waals surface area contributed by atoms with E-state index in [4.69, 9.17) is 5.73 Å². The van der Waals surface area contributed by atoms with Gasteiger partial charge in [0, 0.05) is 23.7 Å². The van der Waals surface area contributed by atoms with E-state index in [1.165, 1.54) is 10.8 Å². The Morgan fingerprint density at radius 2 is 1.71 bits per heavy atom. The molecule has 4 nitrogen and oxygen atoms in total. The average Bonchev–Trinajstić information content (AvgIpc) is 2.34. The molecule has 0 aromatic heterocycles. The van der Waals surface area contributed by atoms with E-state index in [2.05, 4.69) is 19.7 Å². The van der Waals surface area contributed by atoms with Crippen molar-refractivity contribution >= 4 is 33.4 Å². The quantitative estimate of drug-likeness (QED) is 0.413. The highest BCUT2D eigenvalue weighted by Gasteiger charge is 2.19. The maximum absolute atomic E-state index is 11.5. The van der Waals surface area contributed by atoms with Crippen LogP contribution < -0.4 is 5.73 Å². The van der Waals surface area contributed by atoms with Crippen molar-refractivity contribution in [3.05, 3.63) is 37.6 Å². The van der Waals surface area contributed by atoms with Crippen molar-refractivity contribution in [3.63, 3.8) is 0 Å². The average molecular weight is 272 g/mol. The van der Waals surface area contributed by atoms with E-state index in [1.54, 1.807) is 10.8 Å². The highest BCUT2D eigenvalue weighted by molar-refractivity contribution is 8.76. The molecule has 2 N–H and O–H groups in total. The highest BCUT2D eigenvalue weighted by Crippen LogP contribution is 2.24. The largest absolute Gasteiger partial charge is 0.330 e. The molecule has 0 aliphatic rings. The second-order valence-electron chi connectivity index (χ2n) is 2.86. The lowest BCUT2D eigenvalue weighted by molar-refractivity contribution is -0.136. The van der Waals surface area contributed by atoms with Gasteiger partial charge in [0.05, 0.1) is 0 Å². The molecule has 94 valence electrons. The summed E-state index contributed by atoms with van der Waals surface area (Å²) >= 11 is 0. The Morgan fingerprint density at radius 3 is 2.12 bits per heavy atom. The first-order chi connectivity index (χ1) is 8.08. The van der Waals surface area contributed by atoms with Crippen LogP contribution in [0, 0.1) is 0 Å². The van der Waals surface area contributed by atoms with Crippen LogP contribution in [0.1, 0.15) is 0 Å². The van der Waals surface area contributed by atoms with E-state index in [1.807, 2.05) is 0 Å². The fourth-order valence-electron chi connectivity index (χ4n) is 0.884. The number of imide groups is 1. The molecule has 6 heteroatoms. The third kappa shape index (κ3) is 5.76. The molecule has 0 aromatic rings. The standard InChI is InChI=1S/C11H16N2O2S2/c1-4-10(14)13(11(15)5-2)9(3)8-17-16-7-6-12/h4-5H,1-3,6-8,12H2. The van der Waals surface area contributed by atoms with E-state index >= 15 is 0 Å². The SMILES string of the molecule is C=CC(=O)N(C(=C)CSSCCN)C(=O)C=C. The molecule has 2 amide bonds. The van der Waals surface area contributed by atoms with Gasteiger partial charge in [-0.05, 0) is 12.2 Å². The van der Waals surface area contributed by atoms with Crippen LogP contribution in [0.4, 0.5) is 0 Å². The minimum Gasteiger partial charge on any atom is -0.330 e. The van der Waals surface area contributed by atoms with E-state index in [9.17, 15) is 9.59 Å². The lowest BCUT2D eigenvalue weighted by Crippen LogP contribution is -2.34. The van der Waals surface area contributed by atoms with Gasteiger partial charge in [0.15, 0.2) is 0 Å². The normalized spacial score (nSPS) is 9.47. The van der Waals surface area contributed by atoms with E-state index in [-0.39, 0.29) is 0 Å². The molecular formula is C11H16N2O2S2. The van der Waals surface area contributed by atoms with Gasteiger partial charge in [-0.15, -0.1) is 0 Å². The number of hydrogen-bond acceptors (Lipinski definition) is 5. The van der Waals surface area contributed by atoms with Gasteiger partial charge in [0.25, 0.3) is 11.8 Å². The first kappa shape index (κ1) is 16.0. The molecule has 0 heterocycles. The summed E-state index contributed by atoms with van der Waals surface area (Å²) in [6.45, 7) is 11.0. The molecule has 0 atom stereocenters. The van der Waals surface area contributed by atoms with Crippen LogP contribution in [0.5, 0.6) is 0 Å². The van der Waals surface area contributed by atoms with Crippen molar-refractivity contribution < 1.29 is 9.59 Å². The fraction of sp³-hybridized carbons (Fsp3) is 0.273. The molecule has 0 aliphatic carbocycles. The van der Waals surface area contributed by atoms with Crippen LogP contribution in [0.25, 0.3) is 0 Å². The van der Waals surface area contributed by atoms with Crippen molar-refractivity contribution in [2.75, 3.05) is 18.1 Å². The summed E-state index contributed by atoms with van der Waals surface area (Å²) in [5, 5.41) is 0. The Labute approximate surface area is 109 Å². The molecule has 0 spiro atoms. The van der Waals surface area contributed by atoms with Gasteiger partial charge in [-0.3, -0.25) is 9.59 Å². The van der Waals surface area contributed by atoms with Gasteiger partial charge in [-0.2, -0.15) is 0 Å². The minimum absolute atomic E-state index is 0.411. The first-order valence-corrected chi connectivity index (χ1v) is 7.32. The summed E-state index contributed by atoms with van der Waals surface area (Å²) in [5.74, 6) is 0.278. The second kappa shape index (κ2) is 9.09. The van der Waals surface area contributed by atoms with Gasteiger partial charge in [0.2, 0.25) is 0 Å². The molecule has 0 unspecified atom stereocenters. The van der Waals surface area contributed by atoms with Crippen molar-refractivity contribution in [3.8, 4) is 0 Å². The van der Waals surface area contributed by atoms with Crippen molar-refractivity contribution in [2.45, 2.75) is 0 Å². The number of carbonyl (C=O) groups is 2. The van der Waals surface area contributed by atoms with E-state index in [0.29, 0.717) is 18.0 Å². The Bertz CT molecular complexity index is 309. The topological polar surface area (TPSA) is 63.4 Å². The van der Waals surface area contributed by atoms with Crippen LogP contribution >= 0.6 is 21.6 Å². The van der Waals surface area contributed by atoms with Gasteiger partial charge >= 0.3 is 0 Å². The molecule has 0 aromatic carbocycles. The number of nitrogens with two attached hydrogens (primary N) is 1. The summed E-state index contributed by atoms with van der Waals surface area (Å²) in [5.41, 5.74) is 5.75. The number of hydrogen-bond donors (Lipinski definition) is 1. The molecule has 0 saturated carbocycles. The molecule has 17 heavy (non-hydrogen) atoms. The number of carbonyl (C=O) groups excluding carboxylic acids is 2. The van der Waals surface area contributed by atoms with Gasteiger partial charge in [-0.1, -0.05) is 41.3 Å². The third-order valence-electron chi connectivity index (χ3n) is 1.62. The summed E-state index contributed by atoms with van der Waals surface area (Å²) in [4.78, 5) is 23.9. The molecule has 0 radical (unpaired) electrons. The fourth-order valence-corrected chi connectivity index (χ4v) is 2.75. The van der Waals surface area contributed by atoms with Gasteiger partial charge in [0.1, 0.15) is 0 Å². The van der Waals surface area contributed by atoms with Crippen LogP contribution in [-0.2, 0) is 9.59 Å². The summed E-state index contributed by atoms with van der Waals surface area (Å²) in [7, 11) is 3.06. The van der Waals surface area contributed by atoms with Crippen molar-refractivity contribution in [2.24, 2.45) is 5.73 Å². The second-order valence-corrected chi connectivity index (χ2v) is 5.44. The number of nitrogens with zero attached hydrogens (tertiary/aromatic N) is 1. The third-order valence-corrected chi connectivity index (χ3v) is 3.99. The Hall–Kier alpha value is -0.980. The predicted molar refractivity (Wildman–Crippen MR) is 75.4 cm³/mol. The Morgan fingerprint density at radius 1 is 1.18 bits per heavy atom. The van der Waals surface area contributed by atoms with Gasteiger partial charge < -0.3 is 5.73 Å². The Balaban J connectivity index is 4.44. The Kier molecular flexibility index (Phi) is 8.57. The summed E-state index contributed by atoms with van der Waals surface area (Å²) in [6, 6.07) is 0. The molecule has 0 fully saturated rings. The smallest absolute Gasteiger partial charge is 0.257 e. The molecule has 0 aliphatic heterocycles. The van der Waals surface area contributed by atoms with Crippen LogP contribution in [0.2, 0.25) is 0 Å². The number of amides is 2. The van der Waals surface area contributed by atoms with Crippen molar-refractivity contribution in [1.82, 2.24) is 4.90 Å². The van der Waals surface area contributed by atoms with Crippen LogP contribution in [-0.4, -0.2) is 34.8 Å². The highest BCUT2D eigenvalue weighted by atomic mass is 33.1. The molecule has 0 saturated heterocycles. The van der Waals surface area contributed by atoms with Crippen LogP contribution in [0.3, 0.4) is 0 Å². The molecule has 0 bridgehead atoms.